The zero-order valence-electron chi connectivity index (χ0n) is 7.30. The lowest BCUT2D eigenvalue weighted by Gasteiger charge is -1.95. The highest BCUT2D eigenvalue weighted by Gasteiger charge is 2.13. The van der Waals surface area contributed by atoms with Crippen molar-refractivity contribution in [2.24, 2.45) is 0 Å². The van der Waals surface area contributed by atoms with Crippen LogP contribution in [0, 0.1) is 0 Å². The smallest absolute Gasteiger partial charge is 0.297 e. The topological polar surface area (TPSA) is 124 Å². The number of hydrogen-bond donors (Lipinski definition) is 2. The highest BCUT2D eigenvalue weighted by atomic mass is 16.2. The maximum Gasteiger partial charge on any atom is 0.297 e. The van der Waals surface area contributed by atoms with Crippen molar-refractivity contribution in [3.63, 3.8) is 0 Å². The summed E-state index contributed by atoms with van der Waals surface area (Å²) in [6, 6.07) is 0. The third kappa shape index (κ3) is 1.27. The summed E-state index contributed by atoms with van der Waals surface area (Å²) in [5.74, 6) is -1.01. The largest absolute Gasteiger partial charge is 0.369 e. The van der Waals surface area contributed by atoms with E-state index in [4.69, 9.17) is 5.73 Å². The lowest BCUT2D eigenvalue weighted by molar-refractivity contribution is -0.105. The number of rotatable bonds is 1. The molecule has 0 amide bonds. The first-order valence-corrected chi connectivity index (χ1v) is 3.86. The lowest BCUT2D eigenvalue weighted by atomic mass is 10.5. The number of nitrogens with two attached hydrogens (primary N) is 1. The Bertz CT molecular complexity index is 611. The third-order valence-corrected chi connectivity index (χ3v) is 1.76. The highest BCUT2D eigenvalue weighted by Crippen LogP contribution is 2.05. The Hall–Kier alpha value is -2.51. The SMILES string of the molecule is Nc1nc2c(ncn2C(=O)C=O)c(=O)[nH]1. The summed E-state index contributed by atoms with van der Waals surface area (Å²) in [5, 5.41) is 0. The number of fused-ring (bicyclic) bond motifs is 1. The van der Waals surface area contributed by atoms with Gasteiger partial charge in [0, 0.05) is 0 Å². The number of imidazole rings is 1. The molecule has 2 aromatic heterocycles. The summed E-state index contributed by atoms with van der Waals surface area (Å²) in [7, 11) is 0. The molecule has 2 heterocycles. The quantitative estimate of drug-likeness (QED) is 0.435. The predicted octanol–water partition coefficient (Wildman–Crippen LogP) is -1.46. The Morgan fingerprint density at radius 1 is 1.60 bits per heavy atom. The van der Waals surface area contributed by atoms with Crippen LogP contribution in [0.2, 0.25) is 0 Å². The van der Waals surface area contributed by atoms with E-state index in [2.05, 4.69) is 15.0 Å². The molecule has 76 valence electrons. The fraction of sp³-hybridized carbons (Fsp3) is 0. The first-order chi connectivity index (χ1) is 7.13. The van der Waals surface area contributed by atoms with Crippen LogP contribution in [-0.2, 0) is 4.79 Å². The van der Waals surface area contributed by atoms with Gasteiger partial charge in [-0.3, -0.25) is 19.4 Å². The first kappa shape index (κ1) is 9.06. The second kappa shape index (κ2) is 3.01. The van der Waals surface area contributed by atoms with Crippen LogP contribution >= 0.6 is 0 Å². The number of anilines is 1. The van der Waals surface area contributed by atoms with Gasteiger partial charge in [0.25, 0.3) is 11.5 Å². The van der Waals surface area contributed by atoms with Gasteiger partial charge >= 0.3 is 0 Å². The van der Waals surface area contributed by atoms with Crippen LogP contribution in [0.3, 0.4) is 0 Å². The maximum atomic E-state index is 11.3. The van der Waals surface area contributed by atoms with Crippen molar-refractivity contribution >= 4 is 29.3 Å². The average Bonchev–Trinajstić information content (AvgIpc) is 2.60. The minimum atomic E-state index is -0.866. The number of aromatic amines is 1. The van der Waals surface area contributed by atoms with Crippen LogP contribution in [0.4, 0.5) is 5.95 Å². The Kier molecular flexibility index (Phi) is 1.82. The molecule has 0 fully saturated rings. The molecular weight excluding hydrogens is 202 g/mol. The van der Waals surface area contributed by atoms with E-state index in [1.165, 1.54) is 0 Å². The number of nitrogen functional groups attached to an aromatic ring is 1. The minimum Gasteiger partial charge on any atom is -0.369 e. The molecule has 0 aliphatic rings. The number of carbonyl (C=O) groups is 2. The van der Waals surface area contributed by atoms with Gasteiger partial charge in [0.1, 0.15) is 6.33 Å². The number of nitrogens with one attached hydrogen (secondary N) is 1. The molecule has 8 nitrogen and oxygen atoms in total. The van der Waals surface area contributed by atoms with Gasteiger partial charge in [-0.1, -0.05) is 0 Å². The van der Waals surface area contributed by atoms with Crippen molar-refractivity contribution in [1.82, 2.24) is 19.5 Å². The van der Waals surface area contributed by atoms with E-state index in [1.807, 2.05) is 0 Å². The van der Waals surface area contributed by atoms with Crippen molar-refractivity contribution in [1.29, 1.82) is 0 Å². The number of hydrogen-bond acceptors (Lipinski definition) is 6. The normalized spacial score (nSPS) is 10.4. The van der Waals surface area contributed by atoms with Gasteiger partial charge in [-0.2, -0.15) is 4.98 Å². The van der Waals surface area contributed by atoms with Gasteiger partial charge in [-0.25, -0.2) is 9.55 Å². The molecule has 8 heteroatoms. The van der Waals surface area contributed by atoms with Crippen LogP contribution in [0.15, 0.2) is 11.1 Å². The van der Waals surface area contributed by atoms with E-state index in [0.29, 0.717) is 0 Å². The molecule has 0 saturated carbocycles. The van der Waals surface area contributed by atoms with Crippen molar-refractivity contribution in [3.8, 4) is 0 Å². The highest BCUT2D eigenvalue weighted by molar-refractivity contribution is 6.26. The van der Waals surface area contributed by atoms with Gasteiger partial charge in [0.15, 0.2) is 11.2 Å². The Balaban J connectivity index is 2.85. The Morgan fingerprint density at radius 3 is 3.00 bits per heavy atom. The second-order valence-electron chi connectivity index (χ2n) is 2.69. The molecule has 0 radical (unpaired) electrons. The van der Waals surface area contributed by atoms with Crippen molar-refractivity contribution in [2.45, 2.75) is 0 Å². The predicted molar refractivity (Wildman–Crippen MR) is 49.3 cm³/mol. The summed E-state index contributed by atoms with van der Waals surface area (Å²) >= 11 is 0. The molecule has 0 spiro atoms. The van der Waals surface area contributed by atoms with E-state index >= 15 is 0 Å². The number of aromatic nitrogens is 4. The Labute approximate surface area is 81.7 Å². The molecule has 0 aromatic carbocycles. The molecule has 0 aliphatic carbocycles. The summed E-state index contributed by atoms with van der Waals surface area (Å²) in [5.41, 5.74) is 4.65. The molecule has 0 bridgehead atoms. The molecule has 3 N–H and O–H groups in total. The molecule has 0 atom stereocenters. The van der Waals surface area contributed by atoms with Crippen LogP contribution in [0.25, 0.3) is 11.2 Å². The lowest BCUT2D eigenvalue weighted by Crippen LogP contribution is -2.15. The van der Waals surface area contributed by atoms with E-state index in [-0.39, 0.29) is 23.4 Å². The summed E-state index contributed by atoms with van der Waals surface area (Å²) in [4.78, 5) is 42.2. The number of aldehydes is 1. The second-order valence-corrected chi connectivity index (χ2v) is 2.69. The van der Waals surface area contributed by atoms with Crippen LogP contribution in [0.1, 0.15) is 4.79 Å². The van der Waals surface area contributed by atoms with E-state index in [9.17, 15) is 14.4 Å². The van der Waals surface area contributed by atoms with E-state index in [1.54, 1.807) is 0 Å². The average molecular weight is 207 g/mol. The minimum absolute atomic E-state index is 0.0339. The van der Waals surface area contributed by atoms with Gasteiger partial charge in [0.05, 0.1) is 0 Å². The molecule has 0 aliphatic heterocycles. The molecule has 0 unspecified atom stereocenters. The molecule has 0 saturated heterocycles. The third-order valence-electron chi connectivity index (χ3n) is 1.76. The first-order valence-electron chi connectivity index (χ1n) is 3.86. The molecular formula is C7H5N5O3. The van der Waals surface area contributed by atoms with Gasteiger partial charge in [-0.05, 0) is 0 Å². The summed E-state index contributed by atoms with van der Waals surface area (Å²) < 4.78 is 0.855. The van der Waals surface area contributed by atoms with Crippen molar-refractivity contribution in [3.05, 3.63) is 16.7 Å². The van der Waals surface area contributed by atoms with Gasteiger partial charge < -0.3 is 5.73 Å². The standard InChI is InChI=1S/C7H5N5O3/c8-7-10-5-4(6(15)11-7)9-2-12(5)3(14)1-13/h1-2H,(H3,8,10,11,15). The monoisotopic (exact) mass is 207 g/mol. The molecule has 2 rings (SSSR count). The zero-order valence-corrected chi connectivity index (χ0v) is 7.30. The van der Waals surface area contributed by atoms with E-state index in [0.717, 1.165) is 10.9 Å². The van der Waals surface area contributed by atoms with Crippen molar-refractivity contribution < 1.29 is 9.59 Å². The fourth-order valence-corrected chi connectivity index (χ4v) is 1.14. The van der Waals surface area contributed by atoms with Crippen LogP contribution in [0.5, 0.6) is 0 Å². The zero-order chi connectivity index (χ0) is 11.0. The molecule has 2 aromatic rings. The maximum absolute atomic E-state index is 11.3. The summed E-state index contributed by atoms with van der Waals surface area (Å²) in [6.45, 7) is 0. The van der Waals surface area contributed by atoms with E-state index < -0.39 is 11.5 Å². The Morgan fingerprint density at radius 2 is 2.33 bits per heavy atom. The van der Waals surface area contributed by atoms with Gasteiger partial charge in [0.2, 0.25) is 12.2 Å². The molecule has 15 heavy (non-hydrogen) atoms. The van der Waals surface area contributed by atoms with Crippen LogP contribution in [-0.4, -0.2) is 31.7 Å². The summed E-state index contributed by atoms with van der Waals surface area (Å²) in [6.07, 6.45) is 1.14. The van der Waals surface area contributed by atoms with Crippen LogP contribution < -0.4 is 11.3 Å². The number of carbonyl (C=O) groups excluding carboxylic acids is 2. The van der Waals surface area contributed by atoms with Gasteiger partial charge in [-0.15, -0.1) is 0 Å². The van der Waals surface area contributed by atoms with Crippen molar-refractivity contribution in [2.75, 3.05) is 5.73 Å². The fourth-order valence-electron chi connectivity index (χ4n) is 1.14. The number of nitrogens with zero attached hydrogens (tertiary/aromatic N) is 3. The number of H-pyrrole nitrogens is 1.